The van der Waals surface area contributed by atoms with Crippen molar-refractivity contribution in [3.05, 3.63) is 59.4 Å². The summed E-state index contributed by atoms with van der Waals surface area (Å²) in [6.45, 7) is 0. The highest BCUT2D eigenvalue weighted by Gasteiger charge is 2.46. The first-order valence-electron chi connectivity index (χ1n) is 7.96. The number of fused-ring (bicyclic) bond motifs is 1. The van der Waals surface area contributed by atoms with E-state index in [1.54, 1.807) is 29.1 Å². The summed E-state index contributed by atoms with van der Waals surface area (Å²) in [4.78, 5) is 8.12. The Labute approximate surface area is 152 Å². The van der Waals surface area contributed by atoms with Gasteiger partial charge in [0.1, 0.15) is 36.1 Å². The van der Waals surface area contributed by atoms with Gasteiger partial charge >= 0.3 is 0 Å². The topological polar surface area (TPSA) is 106 Å². The average molecular weight is 379 g/mol. The maximum Gasteiger partial charge on any atom is 0.164 e. The molecule has 4 rings (SSSR count). The molecule has 1 aliphatic rings. The molecular formula is C17H16ClFN4O3. The van der Waals surface area contributed by atoms with E-state index in [1.165, 1.54) is 18.5 Å². The molecule has 3 aromatic rings. The number of nitrogens with two attached hydrogens (primary N) is 1. The number of aliphatic hydroxyl groups excluding tert-OH is 2. The van der Waals surface area contributed by atoms with Gasteiger partial charge in [-0.1, -0.05) is 17.7 Å². The second-order valence-electron chi connectivity index (χ2n) is 6.20. The van der Waals surface area contributed by atoms with Crippen molar-refractivity contribution in [3.8, 4) is 0 Å². The predicted molar refractivity (Wildman–Crippen MR) is 91.8 cm³/mol. The minimum Gasteiger partial charge on any atom is -0.387 e. The maximum absolute atomic E-state index is 13.7. The zero-order chi connectivity index (χ0) is 18.4. The van der Waals surface area contributed by atoms with Crippen molar-refractivity contribution in [3.63, 3.8) is 0 Å². The molecule has 7 nitrogen and oxygen atoms in total. The zero-order valence-corrected chi connectivity index (χ0v) is 14.2. The van der Waals surface area contributed by atoms with Crippen molar-refractivity contribution in [2.24, 2.45) is 5.73 Å². The molecule has 0 bridgehead atoms. The minimum atomic E-state index is -1.26. The van der Waals surface area contributed by atoms with E-state index < -0.39 is 36.4 Å². The number of halogens is 2. The lowest BCUT2D eigenvalue weighted by Gasteiger charge is -2.22. The lowest BCUT2D eigenvalue weighted by atomic mass is 9.97. The van der Waals surface area contributed by atoms with Gasteiger partial charge in [0, 0.05) is 17.8 Å². The highest BCUT2D eigenvalue weighted by Crippen LogP contribution is 2.36. The van der Waals surface area contributed by atoms with Gasteiger partial charge < -0.3 is 25.3 Å². The maximum atomic E-state index is 13.7. The Morgan fingerprint density at radius 1 is 1.27 bits per heavy atom. The van der Waals surface area contributed by atoms with Gasteiger partial charge in [-0.3, -0.25) is 0 Å². The summed E-state index contributed by atoms with van der Waals surface area (Å²) in [5.74, 6) is -0.614. The van der Waals surface area contributed by atoms with Gasteiger partial charge in [-0.15, -0.1) is 0 Å². The molecule has 0 amide bonds. The molecule has 0 saturated carbocycles. The van der Waals surface area contributed by atoms with Gasteiger partial charge in [0.25, 0.3) is 0 Å². The van der Waals surface area contributed by atoms with Crippen LogP contribution in [0, 0.1) is 5.82 Å². The molecule has 1 aromatic carbocycles. The number of hydrogen-bond donors (Lipinski definition) is 3. The van der Waals surface area contributed by atoms with E-state index >= 15 is 0 Å². The Balaban J connectivity index is 1.64. The zero-order valence-electron chi connectivity index (χ0n) is 13.4. The fourth-order valence-corrected chi connectivity index (χ4v) is 3.34. The first-order valence-corrected chi connectivity index (χ1v) is 8.34. The van der Waals surface area contributed by atoms with Crippen molar-refractivity contribution in [2.45, 2.75) is 30.6 Å². The molecule has 9 heteroatoms. The van der Waals surface area contributed by atoms with E-state index in [1.807, 2.05) is 0 Å². The molecule has 0 spiro atoms. The van der Waals surface area contributed by atoms with Crippen LogP contribution in [-0.4, -0.2) is 43.1 Å². The molecule has 26 heavy (non-hydrogen) atoms. The van der Waals surface area contributed by atoms with Crippen LogP contribution in [0.4, 0.5) is 4.39 Å². The number of rotatable bonds is 3. The molecule has 1 aliphatic heterocycles. The van der Waals surface area contributed by atoms with Crippen molar-refractivity contribution in [1.82, 2.24) is 14.5 Å². The van der Waals surface area contributed by atoms with E-state index in [2.05, 4.69) is 9.97 Å². The van der Waals surface area contributed by atoms with Gasteiger partial charge in [-0.05, 0) is 23.8 Å². The van der Waals surface area contributed by atoms with Crippen molar-refractivity contribution >= 4 is 22.6 Å². The molecular weight excluding hydrogens is 363 g/mol. The minimum absolute atomic E-state index is 0.0229. The van der Waals surface area contributed by atoms with Crippen LogP contribution >= 0.6 is 11.6 Å². The van der Waals surface area contributed by atoms with Crippen LogP contribution in [0.2, 0.25) is 5.02 Å². The number of hydrogen-bond acceptors (Lipinski definition) is 6. The van der Waals surface area contributed by atoms with E-state index in [4.69, 9.17) is 22.1 Å². The molecule has 136 valence electrons. The quantitative estimate of drug-likeness (QED) is 0.638. The van der Waals surface area contributed by atoms with Crippen LogP contribution < -0.4 is 5.73 Å². The molecule has 5 atom stereocenters. The van der Waals surface area contributed by atoms with Gasteiger partial charge in [0.05, 0.1) is 11.1 Å². The monoisotopic (exact) mass is 378 g/mol. The summed E-state index contributed by atoms with van der Waals surface area (Å²) in [7, 11) is 0. The molecule has 0 unspecified atom stereocenters. The number of aromatic nitrogens is 3. The summed E-state index contributed by atoms with van der Waals surface area (Å²) in [6.07, 6.45) is 0.407. The standard InChI is InChI=1S/C17H16ClFN4O3/c18-10-2-1-8(5-11(10)19)12(20)15-13(24)14(25)17(26-15)23-4-3-9-6-21-7-22-16(9)23/h1-7,12-15,17,24-25H,20H2/t12-,13+,14-,15-,17-/m1/s1. The van der Waals surface area contributed by atoms with Crippen molar-refractivity contribution in [2.75, 3.05) is 0 Å². The fraction of sp³-hybridized carbons (Fsp3) is 0.294. The Hall–Kier alpha value is -2.10. The molecule has 3 heterocycles. The number of ether oxygens (including phenoxy) is 1. The Morgan fingerprint density at radius 3 is 2.85 bits per heavy atom. The van der Waals surface area contributed by atoms with E-state index in [0.29, 0.717) is 11.2 Å². The second-order valence-corrected chi connectivity index (χ2v) is 6.60. The third-order valence-electron chi connectivity index (χ3n) is 4.61. The van der Waals surface area contributed by atoms with Crippen molar-refractivity contribution < 1.29 is 19.3 Å². The summed E-state index contributed by atoms with van der Waals surface area (Å²) in [5, 5.41) is 21.6. The number of nitrogens with zero attached hydrogens (tertiary/aromatic N) is 3. The highest BCUT2D eigenvalue weighted by atomic mass is 35.5. The van der Waals surface area contributed by atoms with Crippen LogP contribution in [0.25, 0.3) is 11.0 Å². The molecule has 0 radical (unpaired) electrons. The third-order valence-corrected chi connectivity index (χ3v) is 4.92. The molecule has 1 fully saturated rings. The van der Waals surface area contributed by atoms with Crippen LogP contribution in [0.15, 0.2) is 43.0 Å². The van der Waals surface area contributed by atoms with Gasteiger partial charge in [0.15, 0.2) is 6.23 Å². The molecule has 0 aliphatic carbocycles. The normalized spacial score (nSPS) is 27.1. The Bertz CT molecular complexity index is 953. The smallest absolute Gasteiger partial charge is 0.164 e. The molecule has 4 N–H and O–H groups in total. The Kier molecular flexibility index (Phi) is 4.37. The Morgan fingerprint density at radius 2 is 2.08 bits per heavy atom. The lowest BCUT2D eigenvalue weighted by molar-refractivity contribution is -0.0422. The van der Waals surface area contributed by atoms with Crippen LogP contribution in [0.3, 0.4) is 0 Å². The third kappa shape index (κ3) is 2.76. The first-order chi connectivity index (χ1) is 12.5. The summed E-state index contributed by atoms with van der Waals surface area (Å²) < 4.78 is 21.2. The largest absolute Gasteiger partial charge is 0.387 e. The van der Waals surface area contributed by atoms with Gasteiger partial charge in [-0.25, -0.2) is 14.4 Å². The van der Waals surface area contributed by atoms with Gasteiger partial charge in [-0.2, -0.15) is 0 Å². The summed E-state index contributed by atoms with van der Waals surface area (Å²) >= 11 is 5.69. The lowest BCUT2D eigenvalue weighted by Crippen LogP contribution is -2.38. The predicted octanol–water partition coefficient (Wildman–Crippen LogP) is 1.54. The SMILES string of the molecule is N[C@H](c1ccc(Cl)c(F)c1)[C@H]1O[C@@H](n2ccc3cncnc32)[C@H](O)[C@@H]1O. The van der Waals surface area contributed by atoms with Crippen LogP contribution in [0.1, 0.15) is 17.8 Å². The number of benzene rings is 1. The fourth-order valence-electron chi connectivity index (χ4n) is 3.23. The van der Waals surface area contributed by atoms with Crippen molar-refractivity contribution in [1.29, 1.82) is 0 Å². The molecule has 2 aromatic heterocycles. The van der Waals surface area contributed by atoms with E-state index in [0.717, 1.165) is 5.39 Å². The van der Waals surface area contributed by atoms with Crippen LogP contribution in [0.5, 0.6) is 0 Å². The summed E-state index contributed by atoms with van der Waals surface area (Å²) in [6, 6.07) is 5.07. The summed E-state index contributed by atoms with van der Waals surface area (Å²) in [5.41, 5.74) is 7.12. The van der Waals surface area contributed by atoms with E-state index in [9.17, 15) is 14.6 Å². The second kappa shape index (κ2) is 6.57. The molecule has 1 saturated heterocycles. The van der Waals surface area contributed by atoms with E-state index in [-0.39, 0.29) is 5.02 Å². The van der Waals surface area contributed by atoms with Crippen LogP contribution in [-0.2, 0) is 4.74 Å². The number of aliphatic hydroxyl groups is 2. The average Bonchev–Trinajstić information content (AvgIpc) is 3.19. The van der Waals surface area contributed by atoms with Gasteiger partial charge in [0.2, 0.25) is 0 Å². The first kappa shape index (κ1) is 17.3. The highest BCUT2D eigenvalue weighted by molar-refractivity contribution is 6.30.